The van der Waals surface area contributed by atoms with Crippen molar-refractivity contribution in [1.29, 1.82) is 0 Å². The molecular formula is C18H26Cl2N2O. The van der Waals surface area contributed by atoms with E-state index in [1.165, 1.54) is 5.56 Å². The Bertz CT molecular complexity index is 525. The molecule has 5 N–H and O–H groups in total. The first-order valence-electron chi connectivity index (χ1n) is 7.42. The molecule has 0 radical (unpaired) electrons. The fourth-order valence-electron chi connectivity index (χ4n) is 2.51. The van der Waals surface area contributed by atoms with E-state index >= 15 is 0 Å². The van der Waals surface area contributed by atoms with Crippen LogP contribution in [0.4, 0.5) is 0 Å². The van der Waals surface area contributed by atoms with Crippen LogP contribution in [-0.4, -0.2) is 23.3 Å². The molecule has 0 fully saturated rings. The average molecular weight is 357 g/mol. The van der Waals surface area contributed by atoms with E-state index in [0.717, 1.165) is 12.0 Å². The fraction of sp³-hybridized carbons (Fsp3) is 0.333. The first-order valence-corrected chi connectivity index (χ1v) is 7.42. The predicted molar refractivity (Wildman–Crippen MR) is 101 cm³/mol. The topological polar surface area (TPSA) is 72.3 Å². The highest BCUT2D eigenvalue weighted by Gasteiger charge is 2.18. The second-order valence-corrected chi connectivity index (χ2v) is 5.61. The van der Waals surface area contributed by atoms with Gasteiger partial charge in [0.15, 0.2) is 0 Å². The lowest BCUT2D eigenvalue weighted by Gasteiger charge is -2.22. The minimum atomic E-state index is -0.580. The van der Waals surface area contributed by atoms with Gasteiger partial charge in [0, 0.05) is 12.1 Å². The van der Waals surface area contributed by atoms with Gasteiger partial charge in [-0.3, -0.25) is 0 Å². The summed E-state index contributed by atoms with van der Waals surface area (Å²) in [7, 11) is 0. The summed E-state index contributed by atoms with van der Waals surface area (Å²) < 4.78 is 0. The maximum absolute atomic E-state index is 10.2. The molecular weight excluding hydrogens is 331 g/mol. The number of nitrogens with two attached hydrogens (primary N) is 2. The first kappa shape index (κ1) is 21.9. The zero-order chi connectivity index (χ0) is 15.1. The normalized spacial score (nSPS) is 14.0. The Morgan fingerprint density at radius 3 is 1.65 bits per heavy atom. The largest absolute Gasteiger partial charge is 0.391 e. The Morgan fingerprint density at radius 2 is 1.17 bits per heavy atom. The zero-order valence-corrected chi connectivity index (χ0v) is 14.7. The van der Waals surface area contributed by atoms with E-state index in [0.29, 0.717) is 12.8 Å². The molecule has 23 heavy (non-hydrogen) atoms. The Morgan fingerprint density at radius 1 is 0.739 bits per heavy atom. The summed E-state index contributed by atoms with van der Waals surface area (Å²) in [4.78, 5) is 0. The van der Waals surface area contributed by atoms with Crippen LogP contribution in [-0.2, 0) is 12.8 Å². The molecule has 5 heteroatoms. The monoisotopic (exact) mass is 356 g/mol. The van der Waals surface area contributed by atoms with Crippen molar-refractivity contribution in [3.63, 3.8) is 0 Å². The van der Waals surface area contributed by atoms with Crippen molar-refractivity contribution in [3.05, 3.63) is 71.8 Å². The number of hydrogen-bond donors (Lipinski definition) is 3. The standard InChI is InChI=1S/C18H24N2O.2ClH/c19-16(11-14-7-3-1-4-8-14)13-18(21)17(20)12-15-9-5-2-6-10-15;;/h1-10,16-18,21H,11-13,19-20H2;2*1H/t16-,17?,18-;;/m0../s1. The van der Waals surface area contributed by atoms with Gasteiger partial charge in [0.05, 0.1) is 6.10 Å². The van der Waals surface area contributed by atoms with E-state index in [1.807, 2.05) is 48.5 Å². The smallest absolute Gasteiger partial charge is 0.0709 e. The van der Waals surface area contributed by atoms with Crippen LogP contribution in [0.25, 0.3) is 0 Å². The average Bonchev–Trinajstić information content (AvgIpc) is 2.49. The summed E-state index contributed by atoms with van der Waals surface area (Å²) >= 11 is 0. The molecule has 2 aromatic rings. The molecule has 2 rings (SSSR count). The van der Waals surface area contributed by atoms with Gasteiger partial charge in [-0.2, -0.15) is 0 Å². The third-order valence-corrected chi connectivity index (χ3v) is 3.69. The summed E-state index contributed by atoms with van der Waals surface area (Å²) in [5.74, 6) is 0. The van der Waals surface area contributed by atoms with E-state index in [1.54, 1.807) is 0 Å². The van der Waals surface area contributed by atoms with E-state index in [-0.39, 0.29) is 36.9 Å². The van der Waals surface area contributed by atoms with Crippen molar-refractivity contribution in [1.82, 2.24) is 0 Å². The van der Waals surface area contributed by atoms with Crippen molar-refractivity contribution in [3.8, 4) is 0 Å². The summed E-state index contributed by atoms with van der Waals surface area (Å²) in [6.45, 7) is 0. The number of benzene rings is 2. The highest BCUT2D eigenvalue weighted by Crippen LogP contribution is 2.10. The third-order valence-electron chi connectivity index (χ3n) is 3.69. The van der Waals surface area contributed by atoms with Crippen LogP contribution in [0.1, 0.15) is 17.5 Å². The molecule has 128 valence electrons. The Labute approximate surface area is 150 Å². The highest BCUT2D eigenvalue weighted by atomic mass is 35.5. The van der Waals surface area contributed by atoms with E-state index in [4.69, 9.17) is 11.5 Å². The van der Waals surface area contributed by atoms with Gasteiger partial charge in [0.1, 0.15) is 0 Å². The Hall–Kier alpha value is -1.10. The molecule has 0 spiro atoms. The molecule has 0 aliphatic carbocycles. The van der Waals surface area contributed by atoms with Crippen molar-refractivity contribution in [2.24, 2.45) is 11.5 Å². The Kier molecular flexibility index (Phi) is 10.9. The van der Waals surface area contributed by atoms with Gasteiger partial charge >= 0.3 is 0 Å². The molecule has 0 amide bonds. The molecule has 0 bridgehead atoms. The lowest BCUT2D eigenvalue weighted by Crippen LogP contribution is -2.41. The molecule has 0 aliphatic heterocycles. The molecule has 0 saturated heterocycles. The summed E-state index contributed by atoms with van der Waals surface area (Å²) in [5, 5.41) is 10.2. The van der Waals surface area contributed by atoms with E-state index in [9.17, 15) is 5.11 Å². The molecule has 0 aromatic heterocycles. The SMILES string of the molecule is Cl.Cl.NC(Cc1ccccc1)[C@@H](O)C[C@@H](N)Cc1ccccc1. The van der Waals surface area contributed by atoms with Gasteiger partial charge in [-0.25, -0.2) is 0 Å². The number of halogens is 2. The van der Waals surface area contributed by atoms with Gasteiger partial charge in [-0.15, -0.1) is 24.8 Å². The second-order valence-electron chi connectivity index (χ2n) is 5.61. The van der Waals surface area contributed by atoms with Crippen molar-refractivity contribution in [2.75, 3.05) is 0 Å². The predicted octanol–water partition coefficient (Wildman–Crippen LogP) is 2.72. The Balaban J connectivity index is 0.00000242. The first-order chi connectivity index (χ1) is 10.1. The van der Waals surface area contributed by atoms with Gasteiger partial charge in [0.2, 0.25) is 0 Å². The quantitative estimate of drug-likeness (QED) is 0.713. The van der Waals surface area contributed by atoms with Crippen molar-refractivity contribution >= 4 is 24.8 Å². The minimum Gasteiger partial charge on any atom is -0.391 e. The number of rotatable bonds is 7. The highest BCUT2D eigenvalue weighted by molar-refractivity contribution is 5.85. The van der Waals surface area contributed by atoms with Gasteiger partial charge < -0.3 is 16.6 Å². The molecule has 1 unspecified atom stereocenters. The minimum absolute atomic E-state index is 0. The van der Waals surface area contributed by atoms with Crippen LogP contribution in [0.5, 0.6) is 0 Å². The number of aliphatic hydroxyl groups is 1. The number of aliphatic hydroxyl groups excluding tert-OH is 1. The lowest BCUT2D eigenvalue weighted by atomic mass is 9.95. The summed E-state index contributed by atoms with van der Waals surface area (Å²) in [5.41, 5.74) is 14.5. The van der Waals surface area contributed by atoms with E-state index < -0.39 is 6.10 Å². The second kappa shape index (κ2) is 11.4. The van der Waals surface area contributed by atoms with Crippen LogP contribution in [0, 0.1) is 0 Å². The molecule has 0 heterocycles. The van der Waals surface area contributed by atoms with Crippen LogP contribution in [0.15, 0.2) is 60.7 Å². The molecule has 0 aliphatic rings. The van der Waals surface area contributed by atoms with Crippen LogP contribution in [0.3, 0.4) is 0 Å². The van der Waals surface area contributed by atoms with Crippen LogP contribution in [0.2, 0.25) is 0 Å². The summed E-state index contributed by atoms with van der Waals surface area (Å²) in [6.07, 6.45) is 1.36. The maximum atomic E-state index is 10.2. The molecule has 3 atom stereocenters. The zero-order valence-electron chi connectivity index (χ0n) is 13.0. The van der Waals surface area contributed by atoms with Crippen LogP contribution >= 0.6 is 24.8 Å². The fourth-order valence-corrected chi connectivity index (χ4v) is 2.51. The third kappa shape index (κ3) is 7.82. The van der Waals surface area contributed by atoms with Gasteiger partial charge in [-0.05, 0) is 30.4 Å². The lowest BCUT2D eigenvalue weighted by molar-refractivity contribution is 0.126. The van der Waals surface area contributed by atoms with E-state index in [2.05, 4.69) is 12.1 Å². The molecule has 3 nitrogen and oxygen atoms in total. The molecule has 2 aromatic carbocycles. The van der Waals surface area contributed by atoms with Crippen molar-refractivity contribution < 1.29 is 5.11 Å². The van der Waals surface area contributed by atoms with Gasteiger partial charge in [0.25, 0.3) is 0 Å². The number of hydrogen-bond acceptors (Lipinski definition) is 3. The summed E-state index contributed by atoms with van der Waals surface area (Å²) in [6, 6.07) is 19.7. The molecule has 0 saturated carbocycles. The van der Waals surface area contributed by atoms with Crippen LogP contribution < -0.4 is 11.5 Å². The van der Waals surface area contributed by atoms with Crippen molar-refractivity contribution in [2.45, 2.75) is 37.5 Å². The van der Waals surface area contributed by atoms with Gasteiger partial charge in [-0.1, -0.05) is 60.7 Å². The maximum Gasteiger partial charge on any atom is 0.0709 e.